The fraction of sp³-hybridized carbons (Fsp3) is 0.628. The minimum Gasteiger partial charge on any atom is -0.497 e. The Labute approximate surface area is 334 Å². The van der Waals surface area contributed by atoms with Gasteiger partial charge in [0.1, 0.15) is 17.3 Å². The van der Waals surface area contributed by atoms with E-state index in [1.165, 1.54) is 44.9 Å². The van der Waals surface area contributed by atoms with Gasteiger partial charge in [-0.3, -0.25) is 19.3 Å². The predicted octanol–water partition coefficient (Wildman–Crippen LogP) is 4.56. The smallest absolute Gasteiger partial charge is 0.335 e. The molecule has 4 N–H and O–H groups in total. The van der Waals surface area contributed by atoms with E-state index in [2.05, 4.69) is 39.6 Å². The van der Waals surface area contributed by atoms with Crippen molar-refractivity contribution in [2.75, 3.05) is 86.7 Å². The van der Waals surface area contributed by atoms with E-state index in [0.29, 0.717) is 48.4 Å². The molecule has 2 aliphatic carbocycles. The zero-order chi connectivity index (χ0) is 40.7. The third kappa shape index (κ3) is 18.7. The van der Waals surface area contributed by atoms with Gasteiger partial charge < -0.3 is 40.3 Å². The molecule has 2 aromatic rings. The van der Waals surface area contributed by atoms with Gasteiger partial charge >= 0.3 is 5.97 Å². The van der Waals surface area contributed by atoms with E-state index in [1.807, 2.05) is 30.1 Å². The number of ether oxygens (including phenoxy) is 2. The SMILES string of the molecule is CCC(CC)NC.COc1cccc(C(=O)N2CCN(CCC(=O)NC3CC3)CC2)c1.COc1cccc(C(=O)O)c1.O=C(CCN1CCNCC1)CC1CC1. The van der Waals surface area contributed by atoms with Crippen molar-refractivity contribution in [3.8, 4) is 11.5 Å². The normalized spacial score (nSPS) is 16.9. The molecule has 0 atom stereocenters. The summed E-state index contributed by atoms with van der Waals surface area (Å²) >= 11 is 0. The van der Waals surface area contributed by atoms with Gasteiger partial charge in [-0.15, -0.1) is 0 Å². The van der Waals surface area contributed by atoms with E-state index in [9.17, 15) is 19.2 Å². The minimum absolute atomic E-state index is 0.0417. The number of nitrogens with zero attached hydrogens (tertiary/aromatic N) is 3. The highest BCUT2D eigenvalue weighted by molar-refractivity contribution is 5.94. The molecule has 4 aliphatic rings. The van der Waals surface area contributed by atoms with Gasteiger partial charge in [0.05, 0.1) is 19.8 Å². The lowest BCUT2D eigenvalue weighted by Crippen LogP contribution is -2.49. The third-order valence-electron chi connectivity index (χ3n) is 10.4. The first-order valence-corrected chi connectivity index (χ1v) is 20.5. The van der Waals surface area contributed by atoms with Crippen LogP contribution in [0, 0.1) is 5.92 Å². The number of carboxylic acids is 1. The maximum Gasteiger partial charge on any atom is 0.335 e. The number of carbonyl (C=O) groups excluding carboxylic acids is 3. The number of hydrogen-bond acceptors (Lipinski definition) is 10. The number of piperazine rings is 2. The highest BCUT2D eigenvalue weighted by Crippen LogP contribution is 2.32. The molecule has 4 fully saturated rings. The molecular formula is C43H68N6O7. The van der Waals surface area contributed by atoms with E-state index in [4.69, 9.17) is 14.6 Å². The number of hydrogen-bond donors (Lipinski definition) is 4. The summed E-state index contributed by atoms with van der Waals surface area (Å²) in [6.45, 7) is 13.5. The van der Waals surface area contributed by atoms with Crippen LogP contribution in [0.15, 0.2) is 48.5 Å². The lowest BCUT2D eigenvalue weighted by atomic mass is 10.1. The van der Waals surface area contributed by atoms with Gasteiger partial charge in [0.2, 0.25) is 5.91 Å². The molecule has 2 amide bonds. The average molecular weight is 781 g/mol. The van der Waals surface area contributed by atoms with E-state index < -0.39 is 5.97 Å². The van der Waals surface area contributed by atoms with Crippen molar-refractivity contribution in [2.45, 2.75) is 83.7 Å². The summed E-state index contributed by atoms with van der Waals surface area (Å²) in [7, 11) is 5.11. The highest BCUT2D eigenvalue weighted by atomic mass is 16.5. The number of amides is 2. The zero-order valence-corrected chi connectivity index (χ0v) is 34.5. The molecule has 2 saturated carbocycles. The van der Waals surface area contributed by atoms with Crippen LogP contribution in [0.4, 0.5) is 0 Å². The molecule has 0 unspecified atom stereocenters. The van der Waals surface area contributed by atoms with Crippen LogP contribution in [0.25, 0.3) is 0 Å². The van der Waals surface area contributed by atoms with Crippen LogP contribution in [-0.2, 0) is 9.59 Å². The summed E-state index contributed by atoms with van der Waals surface area (Å²) in [5.74, 6) is 1.74. The molecule has 2 saturated heterocycles. The summed E-state index contributed by atoms with van der Waals surface area (Å²) in [5.41, 5.74) is 0.899. The molecule has 6 rings (SSSR count). The Morgan fingerprint density at radius 3 is 1.84 bits per heavy atom. The molecule has 2 heterocycles. The molecule has 56 heavy (non-hydrogen) atoms. The number of rotatable bonds is 16. The molecule has 13 heteroatoms. The van der Waals surface area contributed by atoms with Gasteiger partial charge in [0.15, 0.2) is 0 Å². The van der Waals surface area contributed by atoms with Gasteiger partial charge in [0.25, 0.3) is 5.91 Å². The minimum atomic E-state index is -0.941. The van der Waals surface area contributed by atoms with Crippen molar-refractivity contribution < 1.29 is 33.8 Å². The second-order valence-corrected chi connectivity index (χ2v) is 14.8. The third-order valence-corrected chi connectivity index (χ3v) is 10.4. The number of ketones is 1. The molecule has 0 spiro atoms. The first kappa shape index (κ1) is 46.3. The predicted molar refractivity (Wildman–Crippen MR) is 221 cm³/mol. The number of methoxy groups -OCH3 is 2. The van der Waals surface area contributed by atoms with Gasteiger partial charge in [-0.25, -0.2) is 4.79 Å². The molecule has 2 aromatic carbocycles. The fourth-order valence-corrected chi connectivity index (χ4v) is 6.32. The summed E-state index contributed by atoms with van der Waals surface area (Å²) in [5, 5.41) is 18.1. The highest BCUT2D eigenvalue weighted by Gasteiger charge is 2.26. The molecule has 13 nitrogen and oxygen atoms in total. The Bertz CT molecular complexity index is 1460. The molecule has 0 bridgehead atoms. The first-order chi connectivity index (χ1) is 27.1. The van der Waals surface area contributed by atoms with Crippen molar-refractivity contribution in [3.05, 3.63) is 59.7 Å². The number of Topliss-reactive ketones (excluding diaryl/α,β-unsaturated/α-hetero) is 1. The number of carboxylic acid groups (broad SMARTS) is 1. The second-order valence-electron chi connectivity index (χ2n) is 14.8. The Hall–Kier alpha value is -4.04. The molecule has 0 aromatic heterocycles. The maximum absolute atomic E-state index is 12.6. The summed E-state index contributed by atoms with van der Waals surface area (Å²) in [4.78, 5) is 52.7. The Balaban J connectivity index is 0.000000223. The van der Waals surface area contributed by atoms with Crippen LogP contribution in [0.1, 0.15) is 92.4 Å². The van der Waals surface area contributed by atoms with E-state index in [1.54, 1.807) is 25.3 Å². The lowest BCUT2D eigenvalue weighted by Gasteiger charge is -2.34. The standard InChI is InChI=1S/C18H25N3O3.C11H20N2O.C8H8O3.C6H15N/c1-24-16-4-2-3-14(13-16)18(23)21-11-9-20(10-12-21)8-7-17(22)19-15-5-6-15;14-11(9-10-1-2-10)3-6-13-7-4-12-5-8-13;1-11-7-4-2-3-6(5-7)8(9)10;1-4-6(5-2)7-3/h2-4,13,15H,5-12H2,1H3,(H,19,22);10,12H,1-9H2;2-5H,1H3,(H,9,10);6-7H,4-5H2,1-3H3. The summed E-state index contributed by atoms with van der Waals surface area (Å²) in [6.07, 6.45) is 9.48. The lowest BCUT2D eigenvalue weighted by molar-refractivity contribution is -0.122. The van der Waals surface area contributed by atoms with Gasteiger partial charge in [-0.2, -0.15) is 0 Å². The Morgan fingerprint density at radius 1 is 0.786 bits per heavy atom. The maximum atomic E-state index is 12.6. The second kappa shape index (κ2) is 26.0. The average Bonchev–Trinajstić information content (AvgIpc) is 4.19. The molecule has 0 radical (unpaired) electrons. The summed E-state index contributed by atoms with van der Waals surface area (Å²) < 4.78 is 10.0. The first-order valence-electron chi connectivity index (χ1n) is 20.5. The largest absolute Gasteiger partial charge is 0.497 e. The summed E-state index contributed by atoms with van der Waals surface area (Å²) in [6, 6.07) is 14.8. The van der Waals surface area contributed by atoms with Crippen LogP contribution >= 0.6 is 0 Å². The van der Waals surface area contributed by atoms with Crippen molar-refractivity contribution in [1.82, 2.24) is 30.7 Å². The van der Waals surface area contributed by atoms with Crippen LogP contribution < -0.4 is 25.4 Å². The topological polar surface area (TPSA) is 153 Å². The van der Waals surface area contributed by atoms with Gasteiger partial charge in [-0.05, 0) is 87.9 Å². The molecule has 2 aliphatic heterocycles. The molecular weight excluding hydrogens is 713 g/mol. The van der Waals surface area contributed by atoms with Crippen molar-refractivity contribution in [1.29, 1.82) is 0 Å². The number of benzene rings is 2. The van der Waals surface area contributed by atoms with Crippen molar-refractivity contribution >= 4 is 23.6 Å². The van der Waals surface area contributed by atoms with E-state index >= 15 is 0 Å². The van der Waals surface area contributed by atoms with E-state index in [0.717, 1.165) is 90.0 Å². The van der Waals surface area contributed by atoms with E-state index in [-0.39, 0.29) is 17.4 Å². The Kier molecular flexibility index (Phi) is 21.5. The van der Waals surface area contributed by atoms with Gasteiger partial charge in [0, 0.05) is 102 Å². The van der Waals surface area contributed by atoms with Crippen LogP contribution in [-0.4, -0.2) is 142 Å². The number of aromatic carboxylic acids is 1. The van der Waals surface area contributed by atoms with Crippen LogP contribution in [0.3, 0.4) is 0 Å². The zero-order valence-electron chi connectivity index (χ0n) is 34.5. The number of carbonyl (C=O) groups is 4. The Morgan fingerprint density at radius 2 is 1.34 bits per heavy atom. The van der Waals surface area contributed by atoms with Crippen molar-refractivity contribution in [2.24, 2.45) is 5.92 Å². The number of nitrogens with one attached hydrogen (secondary N) is 3. The quantitative estimate of drug-likeness (QED) is 0.190. The fourth-order valence-electron chi connectivity index (χ4n) is 6.32. The molecule has 312 valence electrons. The van der Waals surface area contributed by atoms with Crippen LogP contribution in [0.5, 0.6) is 11.5 Å². The van der Waals surface area contributed by atoms with Gasteiger partial charge in [-0.1, -0.05) is 26.0 Å². The van der Waals surface area contributed by atoms with Crippen LogP contribution in [0.2, 0.25) is 0 Å². The monoisotopic (exact) mass is 781 g/mol. The van der Waals surface area contributed by atoms with Crippen molar-refractivity contribution in [3.63, 3.8) is 0 Å².